The van der Waals surface area contributed by atoms with E-state index in [1.54, 1.807) is 11.3 Å². The Bertz CT molecular complexity index is 547. The first kappa shape index (κ1) is 12.7. The van der Waals surface area contributed by atoms with E-state index in [1.165, 1.54) is 19.3 Å². The fraction of sp³-hybridized carbons (Fsp3) is 0.571. The maximum absolute atomic E-state index is 4.61. The van der Waals surface area contributed by atoms with Gasteiger partial charge in [0, 0.05) is 13.1 Å². The van der Waals surface area contributed by atoms with E-state index < -0.39 is 0 Å². The Kier molecular flexibility index (Phi) is 3.82. The van der Waals surface area contributed by atoms with Gasteiger partial charge in [-0.1, -0.05) is 13.3 Å². The van der Waals surface area contributed by atoms with Crippen LogP contribution in [0.2, 0.25) is 0 Å². The van der Waals surface area contributed by atoms with Crippen molar-refractivity contribution in [3.63, 3.8) is 0 Å². The molecule has 1 aliphatic carbocycles. The second kappa shape index (κ2) is 5.74. The third-order valence-electron chi connectivity index (χ3n) is 3.64. The number of rotatable bonds is 6. The number of fused-ring (bicyclic) bond motifs is 1. The molecule has 0 spiro atoms. The van der Waals surface area contributed by atoms with Crippen LogP contribution in [0.1, 0.15) is 32.6 Å². The first-order chi connectivity index (χ1) is 9.36. The predicted molar refractivity (Wildman–Crippen MR) is 82.0 cm³/mol. The number of hydrogen-bond acceptors (Lipinski definition) is 5. The summed E-state index contributed by atoms with van der Waals surface area (Å²) in [7, 11) is 0. The number of hydrogen-bond donors (Lipinski definition) is 2. The first-order valence-corrected chi connectivity index (χ1v) is 7.97. The molecule has 0 unspecified atom stereocenters. The van der Waals surface area contributed by atoms with Crippen molar-refractivity contribution >= 4 is 33.3 Å². The Balaban J connectivity index is 1.79. The van der Waals surface area contributed by atoms with Crippen molar-refractivity contribution in [3.8, 4) is 0 Å². The molecule has 0 atom stereocenters. The fourth-order valence-corrected chi connectivity index (χ4v) is 3.01. The SMILES string of the molecule is CCCNc1nc(NCC2CCC2)c2ccsc2n1. The lowest BCUT2D eigenvalue weighted by atomic mass is 9.85. The van der Waals surface area contributed by atoms with E-state index in [-0.39, 0.29) is 0 Å². The summed E-state index contributed by atoms with van der Waals surface area (Å²) in [6.45, 7) is 4.10. The molecular weight excluding hydrogens is 256 g/mol. The molecule has 19 heavy (non-hydrogen) atoms. The van der Waals surface area contributed by atoms with Crippen molar-refractivity contribution in [2.24, 2.45) is 5.92 Å². The van der Waals surface area contributed by atoms with Crippen LogP contribution in [0.4, 0.5) is 11.8 Å². The molecule has 0 amide bonds. The normalized spacial score (nSPS) is 15.4. The molecule has 2 N–H and O–H groups in total. The van der Waals surface area contributed by atoms with E-state index in [4.69, 9.17) is 0 Å². The van der Waals surface area contributed by atoms with Crippen LogP contribution in [0.25, 0.3) is 10.2 Å². The lowest BCUT2D eigenvalue weighted by molar-refractivity contribution is 0.333. The Morgan fingerprint density at radius 2 is 2.21 bits per heavy atom. The Labute approximate surface area is 117 Å². The zero-order valence-corrected chi connectivity index (χ0v) is 12.1. The second-order valence-corrected chi connectivity index (χ2v) is 6.03. The van der Waals surface area contributed by atoms with E-state index in [0.29, 0.717) is 0 Å². The second-order valence-electron chi connectivity index (χ2n) is 5.14. The number of anilines is 2. The predicted octanol–water partition coefficient (Wildman–Crippen LogP) is 3.73. The smallest absolute Gasteiger partial charge is 0.226 e. The largest absolute Gasteiger partial charge is 0.369 e. The molecule has 1 saturated carbocycles. The molecule has 0 bridgehead atoms. The van der Waals surface area contributed by atoms with Gasteiger partial charge in [-0.15, -0.1) is 11.3 Å². The van der Waals surface area contributed by atoms with Crippen molar-refractivity contribution in [3.05, 3.63) is 11.4 Å². The number of aromatic nitrogens is 2. The van der Waals surface area contributed by atoms with Crippen LogP contribution >= 0.6 is 11.3 Å². The molecule has 0 aromatic carbocycles. The van der Waals surface area contributed by atoms with Crippen molar-refractivity contribution in [2.75, 3.05) is 23.7 Å². The highest BCUT2D eigenvalue weighted by Crippen LogP contribution is 2.29. The maximum Gasteiger partial charge on any atom is 0.226 e. The first-order valence-electron chi connectivity index (χ1n) is 7.10. The molecule has 0 saturated heterocycles. The van der Waals surface area contributed by atoms with Gasteiger partial charge in [0.05, 0.1) is 5.39 Å². The summed E-state index contributed by atoms with van der Waals surface area (Å²) in [6.07, 6.45) is 5.17. The minimum atomic E-state index is 0.743. The summed E-state index contributed by atoms with van der Waals surface area (Å²) in [5, 5.41) is 10.0. The number of thiophene rings is 1. The van der Waals surface area contributed by atoms with E-state index in [1.807, 2.05) is 0 Å². The standard InChI is InChI=1S/C14H20N4S/c1-2-7-15-14-17-12(16-9-10-4-3-5-10)11-6-8-19-13(11)18-14/h6,8,10H,2-5,7,9H2,1H3,(H2,15,16,17,18). The van der Waals surface area contributed by atoms with Gasteiger partial charge in [-0.3, -0.25) is 0 Å². The van der Waals surface area contributed by atoms with Gasteiger partial charge in [0.15, 0.2) is 0 Å². The third kappa shape index (κ3) is 2.81. The lowest BCUT2D eigenvalue weighted by Crippen LogP contribution is -2.21. The van der Waals surface area contributed by atoms with E-state index in [2.05, 4.69) is 39.0 Å². The zero-order chi connectivity index (χ0) is 13.1. The molecule has 102 valence electrons. The van der Waals surface area contributed by atoms with Gasteiger partial charge in [0.25, 0.3) is 0 Å². The van der Waals surface area contributed by atoms with Gasteiger partial charge in [-0.2, -0.15) is 4.98 Å². The average molecular weight is 276 g/mol. The van der Waals surface area contributed by atoms with Crippen LogP contribution in [0.15, 0.2) is 11.4 Å². The van der Waals surface area contributed by atoms with Crippen LogP contribution < -0.4 is 10.6 Å². The summed E-state index contributed by atoms with van der Waals surface area (Å²) in [5.74, 6) is 2.56. The van der Waals surface area contributed by atoms with E-state index >= 15 is 0 Å². The molecule has 3 rings (SSSR count). The van der Waals surface area contributed by atoms with Gasteiger partial charge < -0.3 is 10.6 Å². The number of nitrogens with zero attached hydrogens (tertiary/aromatic N) is 2. The maximum atomic E-state index is 4.61. The molecule has 5 heteroatoms. The summed E-state index contributed by atoms with van der Waals surface area (Å²) in [6, 6.07) is 2.10. The van der Waals surface area contributed by atoms with Gasteiger partial charge in [-0.25, -0.2) is 4.98 Å². The van der Waals surface area contributed by atoms with Crippen LogP contribution in [-0.2, 0) is 0 Å². The average Bonchev–Trinajstić information content (AvgIpc) is 2.82. The molecule has 1 fully saturated rings. The van der Waals surface area contributed by atoms with Crippen LogP contribution in [0.5, 0.6) is 0 Å². The van der Waals surface area contributed by atoms with Gasteiger partial charge in [0.2, 0.25) is 5.95 Å². The monoisotopic (exact) mass is 276 g/mol. The van der Waals surface area contributed by atoms with Crippen LogP contribution in [-0.4, -0.2) is 23.1 Å². The third-order valence-corrected chi connectivity index (χ3v) is 4.45. The molecule has 4 nitrogen and oxygen atoms in total. The lowest BCUT2D eigenvalue weighted by Gasteiger charge is -2.25. The van der Waals surface area contributed by atoms with Crippen LogP contribution in [0.3, 0.4) is 0 Å². The van der Waals surface area contributed by atoms with Crippen LogP contribution in [0, 0.1) is 5.92 Å². The van der Waals surface area contributed by atoms with Crippen molar-refractivity contribution in [1.29, 1.82) is 0 Å². The van der Waals surface area contributed by atoms with E-state index in [9.17, 15) is 0 Å². The molecule has 2 heterocycles. The quantitative estimate of drug-likeness (QED) is 0.844. The van der Waals surface area contributed by atoms with Gasteiger partial charge in [0.1, 0.15) is 10.6 Å². The summed E-state index contributed by atoms with van der Waals surface area (Å²) < 4.78 is 0. The summed E-state index contributed by atoms with van der Waals surface area (Å²) in [4.78, 5) is 10.2. The number of nitrogens with one attached hydrogen (secondary N) is 2. The minimum Gasteiger partial charge on any atom is -0.369 e. The molecule has 0 aliphatic heterocycles. The highest BCUT2D eigenvalue weighted by molar-refractivity contribution is 7.16. The van der Waals surface area contributed by atoms with Crippen molar-refractivity contribution in [1.82, 2.24) is 9.97 Å². The Morgan fingerprint density at radius 1 is 1.32 bits per heavy atom. The molecule has 0 radical (unpaired) electrons. The van der Waals surface area contributed by atoms with Crippen molar-refractivity contribution in [2.45, 2.75) is 32.6 Å². The van der Waals surface area contributed by atoms with Gasteiger partial charge >= 0.3 is 0 Å². The molecule has 1 aliphatic rings. The van der Waals surface area contributed by atoms with Gasteiger partial charge in [-0.05, 0) is 36.6 Å². The minimum absolute atomic E-state index is 0.743. The summed E-state index contributed by atoms with van der Waals surface area (Å²) >= 11 is 1.67. The highest BCUT2D eigenvalue weighted by Gasteiger charge is 2.18. The highest BCUT2D eigenvalue weighted by atomic mass is 32.1. The molecule has 2 aromatic rings. The Morgan fingerprint density at radius 3 is 2.95 bits per heavy atom. The fourth-order valence-electron chi connectivity index (χ4n) is 2.24. The zero-order valence-electron chi connectivity index (χ0n) is 11.3. The Hall–Kier alpha value is -1.36. The summed E-state index contributed by atoms with van der Waals surface area (Å²) in [5.41, 5.74) is 0. The van der Waals surface area contributed by atoms with Crippen molar-refractivity contribution < 1.29 is 0 Å². The topological polar surface area (TPSA) is 49.8 Å². The molecular formula is C14H20N4S. The molecule has 2 aromatic heterocycles. The van der Waals surface area contributed by atoms with E-state index in [0.717, 1.165) is 47.4 Å².